The van der Waals surface area contributed by atoms with Gasteiger partial charge in [-0.1, -0.05) is 12.1 Å². The van der Waals surface area contributed by atoms with E-state index >= 15 is 0 Å². The molecule has 0 radical (unpaired) electrons. The Labute approximate surface area is 136 Å². The second kappa shape index (κ2) is 6.24. The average Bonchev–Trinajstić information content (AvgIpc) is 3.01. The molecule has 2 aromatic rings. The second-order valence-corrected chi connectivity index (χ2v) is 6.07. The van der Waals surface area contributed by atoms with Crippen molar-refractivity contribution < 1.29 is 9.59 Å². The Kier molecular flexibility index (Phi) is 4.15. The summed E-state index contributed by atoms with van der Waals surface area (Å²) in [4.78, 5) is 25.9. The molecule has 1 aliphatic carbocycles. The maximum absolute atomic E-state index is 12.4. The van der Waals surface area contributed by atoms with E-state index < -0.39 is 0 Å². The van der Waals surface area contributed by atoms with Crippen molar-refractivity contribution in [3.8, 4) is 0 Å². The van der Waals surface area contributed by atoms with Crippen LogP contribution in [-0.4, -0.2) is 30.8 Å². The van der Waals surface area contributed by atoms with E-state index in [9.17, 15) is 9.59 Å². The molecule has 4 heteroatoms. The number of nitrogens with one attached hydrogen (secondary N) is 1. The van der Waals surface area contributed by atoms with Crippen molar-refractivity contribution in [2.75, 3.05) is 19.4 Å². The summed E-state index contributed by atoms with van der Waals surface area (Å²) in [6.45, 7) is 0. The minimum atomic E-state index is -0.144. The van der Waals surface area contributed by atoms with Crippen LogP contribution in [0, 0.1) is 0 Å². The number of nitrogens with zero attached hydrogens (tertiary/aromatic N) is 1. The van der Waals surface area contributed by atoms with Crippen LogP contribution in [0.2, 0.25) is 0 Å². The molecule has 0 spiro atoms. The average molecular weight is 308 g/mol. The number of rotatable bonds is 3. The molecule has 2 amide bonds. The summed E-state index contributed by atoms with van der Waals surface area (Å²) < 4.78 is 0. The van der Waals surface area contributed by atoms with Gasteiger partial charge in [0, 0.05) is 30.9 Å². The lowest BCUT2D eigenvalue weighted by Crippen LogP contribution is -2.22. The van der Waals surface area contributed by atoms with E-state index in [-0.39, 0.29) is 11.8 Å². The van der Waals surface area contributed by atoms with Crippen LogP contribution in [0.3, 0.4) is 0 Å². The van der Waals surface area contributed by atoms with Gasteiger partial charge in [-0.25, -0.2) is 0 Å². The Morgan fingerprint density at radius 2 is 1.74 bits per heavy atom. The SMILES string of the molecule is CN(C)C(=O)c1cccc(NC(=O)c2ccc3c(c2)CCC3)c1. The van der Waals surface area contributed by atoms with Gasteiger partial charge >= 0.3 is 0 Å². The van der Waals surface area contributed by atoms with Gasteiger partial charge in [-0.15, -0.1) is 0 Å². The van der Waals surface area contributed by atoms with Gasteiger partial charge in [0.2, 0.25) is 0 Å². The summed E-state index contributed by atoms with van der Waals surface area (Å²) >= 11 is 0. The normalized spacial score (nSPS) is 12.6. The first kappa shape index (κ1) is 15.3. The lowest BCUT2D eigenvalue weighted by Gasteiger charge is -2.12. The van der Waals surface area contributed by atoms with Crippen molar-refractivity contribution in [3.63, 3.8) is 0 Å². The van der Waals surface area contributed by atoms with E-state index in [1.54, 1.807) is 38.4 Å². The summed E-state index contributed by atoms with van der Waals surface area (Å²) in [6, 6.07) is 12.9. The number of fused-ring (bicyclic) bond motifs is 1. The zero-order valence-corrected chi connectivity index (χ0v) is 13.4. The fourth-order valence-corrected chi connectivity index (χ4v) is 2.90. The zero-order chi connectivity index (χ0) is 16.4. The van der Waals surface area contributed by atoms with Crippen LogP contribution in [-0.2, 0) is 12.8 Å². The van der Waals surface area contributed by atoms with Gasteiger partial charge in [0.25, 0.3) is 11.8 Å². The Morgan fingerprint density at radius 3 is 2.52 bits per heavy atom. The number of anilines is 1. The Hall–Kier alpha value is -2.62. The van der Waals surface area contributed by atoms with Crippen molar-refractivity contribution in [1.29, 1.82) is 0 Å². The van der Waals surface area contributed by atoms with Crippen LogP contribution in [0.1, 0.15) is 38.3 Å². The Bertz CT molecular complexity index is 766. The number of carbonyl (C=O) groups excluding carboxylic acids is 2. The number of benzene rings is 2. The molecule has 0 saturated heterocycles. The van der Waals surface area contributed by atoms with Gasteiger partial charge in [0.05, 0.1) is 0 Å². The van der Waals surface area contributed by atoms with Crippen LogP contribution in [0.25, 0.3) is 0 Å². The summed E-state index contributed by atoms with van der Waals surface area (Å²) in [7, 11) is 3.41. The second-order valence-electron chi connectivity index (χ2n) is 6.07. The summed E-state index contributed by atoms with van der Waals surface area (Å²) in [6.07, 6.45) is 3.31. The van der Waals surface area contributed by atoms with Crippen LogP contribution < -0.4 is 5.32 Å². The molecule has 0 fully saturated rings. The molecule has 1 N–H and O–H groups in total. The van der Waals surface area contributed by atoms with Gasteiger partial charge < -0.3 is 10.2 Å². The summed E-state index contributed by atoms with van der Waals surface area (Å²) in [5.41, 5.74) is 4.47. The zero-order valence-electron chi connectivity index (χ0n) is 13.4. The standard InChI is InChI=1S/C19H20N2O2/c1-21(2)19(23)16-7-4-8-17(12-16)20-18(22)15-10-9-13-5-3-6-14(13)11-15/h4,7-12H,3,5-6H2,1-2H3,(H,20,22). The van der Waals surface area contributed by atoms with Crippen molar-refractivity contribution >= 4 is 17.5 Å². The maximum Gasteiger partial charge on any atom is 0.255 e. The lowest BCUT2D eigenvalue weighted by molar-refractivity contribution is 0.0827. The van der Waals surface area contributed by atoms with Crippen LogP contribution >= 0.6 is 0 Å². The van der Waals surface area contributed by atoms with Crippen molar-refractivity contribution in [3.05, 3.63) is 64.7 Å². The van der Waals surface area contributed by atoms with Gasteiger partial charge in [-0.3, -0.25) is 9.59 Å². The Morgan fingerprint density at radius 1 is 0.957 bits per heavy atom. The quantitative estimate of drug-likeness (QED) is 0.947. The number of amides is 2. The predicted octanol–water partition coefficient (Wildman–Crippen LogP) is 3.13. The summed E-state index contributed by atoms with van der Waals surface area (Å²) in [5.74, 6) is -0.229. The van der Waals surface area contributed by atoms with Gasteiger partial charge in [-0.05, 0) is 60.7 Å². The van der Waals surface area contributed by atoms with E-state index in [0.29, 0.717) is 16.8 Å². The minimum Gasteiger partial charge on any atom is -0.345 e. The number of carbonyl (C=O) groups is 2. The van der Waals surface area contributed by atoms with E-state index in [1.807, 2.05) is 18.2 Å². The van der Waals surface area contributed by atoms with E-state index in [4.69, 9.17) is 0 Å². The highest BCUT2D eigenvalue weighted by atomic mass is 16.2. The molecule has 0 aliphatic heterocycles. The highest BCUT2D eigenvalue weighted by molar-refractivity contribution is 6.05. The monoisotopic (exact) mass is 308 g/mol. The topological polar surface area (TPSA) is 49.4 Å². The molecule has 1 aliphatic rings. The number of hydrogen-bond acceptors (Lipinski definition) is 2. The largest absolute Gasteiger partial charge is 0.345 e. The molecule has 0 bridgehead atoms. The molecule has 2 aromatic carbocycles. The first-order valence-corrected chi connectivity index (χ1v) is 7.79. The van der Waals surface area contributed by atoms with Gasteiger partial charge in [0.1, 0.15) is 0 Å². The van der Waals surface area contributed by atoms with E-state index in [2.05, 4.69) is 5.32 Å². The molecule has 0 heterocycles. The smallest absolute Gasteiger partial charge is 0.255 e. The number of hydrogen-bond donors (Lipinski definition) is 1. The number of aryl methyl sites for hydroxylation is 2. The first-order valence-electron chi connectivity index (χ1n) is 7.79. The molecule has 4 nitrogen and oxygen atoms in total. The fraction of sp³-hybridized carbons (Fsp3) is 0.263. The first-order chi connectivity index (χ1) is 11.0. The third-order valence-corrected chi connectivity index (χ3v) is 4.13. The molecule has 23 heavy (non-hydrogen) atoms. The Balaban J connectivity index is 1.78. The molecular formula is C19H20N2O2. The molecule has 118 valence electrons. The molecule has 0 atom stereocenters. The molecule has 0 unspecified atom stereocenters. The van der Waals surface area contributed by atoms with E-state index in [0.717, 1.165) is 19.3 Å². The summed E-state index contributed by atoms with van der Waals surface area (Å²) in [5, 5.41) is 2.87. The third-order valence-electron chi connectivity index (χ3n) is 4.13. The molecular weight excluding hydrogens is 288 g/mol. The van der Waals surface area contributed by atoms with Crippen LogP contribution in [0.15, 0.2) is 42.5 Å². The molecule has 0 aromatic heterocycles. The van der Waals surface area contributed by atoms with Crippen LogP contribution in [0.5, 0.6) is 0 Å². The van der Waals surface area contributed by atoms with Gasteiger partial charge in [0.15, 0.2) is 0 Å². The highest BCUT2D eigenvalue weighted by Gasteiger charge is 2.15. The highest BCUT2D eigenvalue weighted by Crippen LogP contribution is 2.23. The van der Waals surface area contributed by atoms with Crippen molar-refractivity contribution in [2.24, 2.45) is 0 Å². The molecule has 3 rings (SSSR count). The lowest BCUT2D eigenvalue weighted by atomic mass is 10.1. The molecule has 0 saturated carbocycles. The fourth-order valence-electron chi connectivity index (χ4n) is 2.90. The van der Waals surface area contributed by atoms with Crippen LogP contribution in [0.4, 0.5) is 5.69 Å². The predicted molar refractivity (Wildman–Crippen MR) is 90.9 cm³/mol. The maximum atomic E-state index is 12.4. The van der Waals surface area contributed by atoms with Gasteiger partial charge in [-0.2, -0.15) is 0 Å². The minimum absolute atomic E-state index is 0.0846. The van der Waals surface area contributed by atoms with E-state index in [1.165, 1.54) is 16.0 Å². The van der Waals surface area contributed by atoms with Crippen molar-refractivity contribution in [1.82, 2.24) is 4.90 Å². The third kappa shape index (κ3) is 3.26. The van der Waals surface area contributed by atoms with Crippen molar-refractivity contribution in [2.45, 2.75) is 19.3 Å².